The molecular formula is C22H23FN4O2S. The Morgan fingerprint density at radius 1 is 1.20 bits per heavy atom. The van der Waals surface area contributed by atoms with Gasteiger partial charge in [0.15, 0.2) is 5.16 Å². The summed E-state index contributed by atoms with van der Waals surface area (Å²) in [4.78, 5) is 31.1. The zero-order valence-electron chi connectivity index (χ0n) is 16.8. The van der Waals surface area contributed by atoms with Gasteiger partial charge in [-0.1, -0.05) is 30.0 Å². The Bertz CT molecular complexity index is 1020. The van der Waals surface area contributed by atoms with Crippen LogP contribution in [-0.2, 0) is 11.3 Å². The number of imidazole rings is 1. The van der Waals surface area contributed by atoms with E-state index in [4.69, 9.17) is 0 Å². The number of benzene rings is 2. The lowest BCUT2D eigenvalue weighted by Gasteiger charge is -2.21. The van der Waals surface area contributed by atoms with E-state index in [0.717, 1.165) is 16.4 Å². The highest BCUT2D eigenvalue weighted by atomic mass is 32.2. The van der Waals surface area contributed by atoms with E-state index in [-0.39, 0.29) is 30.7 Å². The largest absolute Gasteiger partial charge is 0.350 e. The first-order valence-electron chi connectivity index (χ1n) is 9.50. The van der Waals surface area contributed by atoms with Crippen molar-refractivity contribution in [1.29, 1.82) is 0 Å². The minimum atomic E-state index is -0.324. The van der Waals surface area contributed by atoms with E-state index in [1.54, 1.807) is 30.5 Å². The van der Waals surface area contributed by atoms with E-state index < -0.39 is 0 Å². The number of halogens is 1. The molecule has 2 aromatic carbocycles. The smallest absolute Gasteiger partial charge is 0.254 e. The Hall–Kier alpha value is -3.13. The highest BCUT2D eigenvalue weighted by Gasteiger charge is 2.18. The molecule has 3 aromatic rings. The number of nitrogens with zero attached hydrogens (tertiary/aromatic N) is 3. The molecule has 2 amide bonds. The van der Waals surface area contributed by atoms with Crippen molar-refractivity contribution in [3.63, 3.8) is 0 Å². The molecule has 8 heteroatoms. The van der Waals surface area contributed by atoms with Gasteiger partial charge in [-0.25, -0.2) is 9.37 Å². The van der Waals surface area contributed by atoms with Crippen LogP contribution in [0, 0.1) is 5.82 Å². The van der Waals surface area contributed by atoms with E-state index in [1.807, 2.05) is 36.1 Å². The normalized spacial score (nSPS) is 10.6. The molecule has 0 saturated carbocycles. The van der Waals surface area contributed by atoms with E-state index in [0.29, 0.717) is 12.1 Å². The third-order valence-electron chi connectivity index (χ3n) is 4.57. The van der Waals surface area contributed by atoms with Gasteiger partial charge in [0.05, 0.1) is 6.54 Å². The van der Waals surface area contributed by atoms with Crippen molar-refractivity contribution in [2.24, 2.45) is 0 Å². The van der Waals surface area contributed by atoms with E-state index >= 15 is 0 Å². The van der Waals surface area contributed by atoms with Crippen LogP contribution in [0.15, 0.2) is 66.1 Å². The van der Waals surface area contributed by atoms with Gasteiger partial charge in [-0.05, 0) is 49.1 Å². The molecule has 30 heavy (non-hydrogen) atoms. The Balaban J connectivity index is 1.66. The fourth-order valence-electron chi connectivity index (χ4n) is 2.97. The van der Waals surface area contributed by atoms with Crippen LogP contribution in [0.3, 0.4) is 0 Å². The fraction of sp³-hybridized carbons (Fsp3) is 0.227. The van der Waals surface area contributed by atoms with Gasteiger partial charge in [-0.15, -0.1) is 0 Å². The second-order valence-corrected chi connectivity index (χ2v) is 7.33. The molecule has 0 aliphatic heterocycles. The van der Waals surface area contributed by atoms with Crippen LogP contribution in [0.1, 0.15) is 22.8 Å². The molecule has 0 atom stereocenters. The highest BCUT2D eigenvalue weighted by molar-refractivity contribution is 7.98. The van der Waals surface area contributed by atoms with E-state index in [9.17, 15) is 14.0 Å². The van der Waals surface area contributed by atoms with Crippen molar-refractivity contribution in [3.05, 3.63) is 77.9 Å². The zero-order chi connectivity index (χ0) is 21.5. The third kappa shape index (κ3) is 5.27. The van der Waals surface area contributed by atoms with Gasteiger partial charge in [-0.2, -0.15) is 0 Å². The average Bonchev–Trinajstić information content (AvgIpc) is 3.25. The lowest BCUT2D eigenvalue weighted by atomic mass is 10.1. The molecular weight excluding hydrogens is 403 g/mol. The van der Waals surface area contributed by atoms with Crippen molar-refractivity contribution in [1.82, 2.24) is 19.8 Å². The van der Waals surface area contributed by atoms with E-state index in [2.05, 4.69) is 10.3 Å². The first kappa shape index (κ1) is 21.6. The molecule has 0 spiro atoms. The summed E-state index contributed by atoms with van der Waals surface area (Å²) in [6, 6.07) is 13.2. The minimum absolute atomic E-state index is 0.0537. The van der Waals surface area contributed by atoms with Crippen molar-refractivity contribution >= 4 is 23.6 Å². The summed E-state index contributed by atoms with van der Waals surface area (Å²) in [5, 5.41) is 3.59. The number of carbonyl (C=O) groups excluding carboxylic acids is 2. The van der Waals surface area contributed by atoms with Gasteiger partial charge in [-0.3, -0.25) is 14.2 Å². The molecule has 0 bridgehead atoms. The summed E-state index contributed by atoms with van der Waals surface area (Å²) >= 11 is 1.52. The van der Waals surface area contributed by atoms with Crippen LogP contribution in [0.25, 0.3) is 5.69 Å². The van der Waals surface area contributed by atoms with Crippen LogP contribution in [-0.4, -0.2) is 45.6 Å². The number of hydrogen-bond acceptors (Lipinski definition) is 4. The maximum Gasteiger partial charge on any atom is 0.254 e. The standard InChI is InChI=1S/C22H23FN4O2S/c1-3-26(15-20(28)25-14-16-7-9-18(23)10-8-16)21(29)17-5-4-6-19(13-17)27-12-11-24-22(27)30-2/h4-13H,3,14-15H2,1-2H3,(H,25,28). The SMILES string of the molecule is CCN(CC(=O)NCc1ccc(F)cc1)C(=O)c1cccc(-n2ccnc2SC)c1. The van der Waals surface area contributed by atoms with Crippen molar-refractivity contribution in [3.8, 4) is 5.69 Å². The molecule has 0 saturated heterocycles. The minimum Gasteiger partial charge on any atom is -0.350 e. The van der Waals surface area contributed by atoms with Crippen molar-refractivity contribution < 1.29 is 14.0 Å². The molecule has 0 radical (unpaired) electrons. The number of amides is 2. The molecule has 0 unspecified atom stereocenters. The fourth-order valence-corrected chi connectivity index (χ4v) is 3.50. The molecule has 1 aromatic heterocycles. The molecule has 156 valence electrons. The van der Waals surface area contributed by atoms with Gasteiger partial charge >= 0.3 is 0 Å². The van der Waals surface area contributed by atoms with Crippen LogP contribution in [0.4, 0.5) is 4.39 Å². The lowest BCUT2D eigenvalue weighted by molar-refractivity contribution is -0.121. The summed E-state index contributed by atoms with van der Waals surface area (Å²) in [6.07, 6.45) is 5.50. The van der Waals surface area contributed by atoms with Crippen LogP contribution in [0.5, 0.6) is 0 Å². The van der Waals surface area contributed by atoms with Gasteiger partial charge in [0.2, 0.25) is 5.91 Å². The molecule has 3 rings (SSSR count). The second kappa shape index (κ2) is 10.1. The number of carbonyl (C=O) groups is 2. The van der Waals surface area contributed by atoms with E-state index in [1.165, 1.54) is 28.8 Å². The van der Waals surface area contributed by atoms with Crippen molar-refractivity contribution in [2.45, 2.75) is 18.6 Å². The number of hydrogen-bond donors (Lipinski definition) is 1. The molecule has 0 fully saturated rings. The Morgan fingerprint density at radius 2 is 1.97 bits per heavy atom. The number of likely N-dealkylation sites (N-methyl/N-ethyl adjacent to an activating group) is 1. The van der Waals surface area contributed by atoms with Gasteiger partial charge < -0.3 is 10.2 Å². The maximum absolute atomic E-state index is 13.0. The number of nitrogens with one attached hydrogen (secondary N) is 1. The molecule has 0 aliphatic carbocycles. The molecule has 1 heterocycles. The summed E-state index contributed by atoms with van der Waals surface area (Å²) in [5.74, 6) is -0.817. The predicted octanol–water partition coefficient (Wildman–Crippen LogP) is 3.51. The monoisotopic (exact) mass is 426 g/mol. The second-order valence-electron chi connectivity index (χ2n) is 6.56. The summed E-state index contributed by atoms with van der Waals surface area (Å²) < 4.78 is 14.9. The van der Waals surface area contributed by atoms with Crippen LogP contribution < -0.4 is 5.32 Å². The maximum atomic E-state index is 13.0. The zero-order valence-corrected chi connectivity index (χ0v) is 17.7. The Kier molecular flexibility index (Phi) is 7.24. The molecule has 6 nitrogen and oxygen atoms in total. The summed E-state index contributed by atoms with van der Waals surface area (Å²) in [6.45, 7) is 2.45. The van der Waals surface area contributed by atoms with Crippen molar-refractivity contribution in [2.75, 3.05) is 19.3 Å². The van der Waals surface area contributed by atoms with Crippen LogP contribution >= 0.6 is 11.8 Å². The lowest BCUT2D eigenvalue weighted by Crippen LogP contribution is -2.40. The molecule has 1 N–H and O–H groups in total. The third-order valence-corrected chi connectivity index (χ3v) is 5.23. The van der Waals surface area contributed by atoms with Gasteiger partial charge in [0, 0.05) is 36.7 Å². The van der Waals surface area contributed by atoms with Gasteiger partial charge in [0.25, 0.3) is 5.91 Å². The summed E-state index contributed by atoms with van der Waals surface area (Å²) in [5.41, 5.74) is 2.12. The Labute approximate surface area is 179 Å². The number of aromatic nitrogens is 2. The highest BCUT2D eigenvalue weighted by Crippen LogP contribution is 2.19. The topological polar surface area (TPSA) is 67.2 Å². The number of rotatable bonds is 8. The average molecular weight is 427 g/mol. The molecule has 0 aliphatic rings. The quantitative estimate of drug-likeness (QED) is 0.560. The van der Waals surface area contributed by atoms with Crippen LogP contribution in [0.2, 0.25) is 0 Å². The van der Waals surface area contributed by atoms with Gasteiger partial charge in [0.1, 0.15) is 5.82 Å². The summed E-state index contributed by atoms with van der Waals surface area (Å²) in [7, 11) is 0. The number of thioether (sulfide) groups is 1. The predicted molar refractivity (Wildman–Crippen MR) is 115 cm³/mol. The first-order valence-corrected chi connectivity index (χ1v) is 10.7. The first-order chi connectivity index (χ1) is 14.5. The Morgan fingerprint density at radius 3 is 2.67 bits per heavy atom.